The first-order chi connectivity index (χ1) is 10.7. The molecule has 0 aliphatic heterocycles. The third kappa shape index (κ3) is 3.36. The highest BCUT2D eigenvalue weighted by Gasteiger charge is 2.16. The van der Waals surface area contributed by atoms with Gasteiger partial charge in [0.1, 0.15) is 17.5 Å². The van der Waals surface area contributed by atoms with Gasteiger partial charge >= 0.3 is 5.97 Å². The molecule has 0 radical (unpaired) electrons. The molecule has 1 N–H and O–H groups in total. The number of esters is 1. The molecule has 0 aliphatic carbocycles. The summed E-state index contributed by atoms with van der Waals surface area (Å²) in [5, 5.41) is 9.14. The Kier molecular flexibility index (Phi) is 4.99. The zero-order chi connectivity index (χ0) is 15.9. The molecule has 1 aromatic carbocycles. The highest BCUT2D eigenvalue weighted by atomic mass is 16.5. The fraction of sp³-hybridized carbons (Fsp3) is 0.176. The van der Waals surface area contributed by atoms with Crippen molar-refractivity contribution in [2.75, 3.05) is 13.7 Å². The van der Waals surface area contributed by atoms with E-state index in [4.69, 9.17) is 14.7 Å². The number of carbonyl (C=O) groups excluding carboxylic acids is 1. The van der Waals surface area contributed by atoms with Gasteiger partial charge in [0.05, 0.1) is 19.3 Å². The number of ether oxygens (including phenoxy) is 2. The largest absolute Gasteiger partial charge is 0.497 e. The summed E-state index contributed by atoms with van der Waals surface area (Å²) in [6.07, 6.45) is 5.05. The first-order valence-electron chi connectivity index (χ1n) is 6.80. The van der Waals surface area contributed by atoms with Gasteiger partial charge in [0.2, 0.25) is 0 Å². The van der Waals surface area contributed by atoms with Crippen LogP contribution in [0.2, 0.25) is 0 Å². The number of nitriles is 1. The zero-order valence-electron chi connectivity index (χ0n) is 12.4. The molecule has 0 spiro atoms. The number of aromatic nitrogens is 1. The van der Waals surface area contributed by atoms with Gasteiger partial charge in [-0.05, 0) is 24.6 Å². The van der Waals surface area contributed by atoms with E-state index in [0.717, 1.165) is 11.3 Å². The molecule has 0 atom stereocenters. The van der Waals surface area contributed by atoms with Crippen molar-refractivity contribution >= 4 is 18.1 Å². The Balaban J connectivity index is 2.30. The lowest BCUT2D eigenvalue weighted by Crippen LogP contribution is -2.06. The van der Waals surface area contributed by atoms with Crippen LogP contribution in [0.5, 0.6) is 5.75 Å². The molecule has 0 saturated heterocycles. The molecule has 1 aromatic heterocycles. The molecule has 1 heterocycles. The monoisotopic (exact) mass is 296 g/mol. The summed E-state index contributed by atoms with van der Waals surface area (Å²) in [4.78, 5) is 14.7. The second kappa shape index (κ2) is 7.14. The predicted octanol–water partition coefficient (Wildman–Crippen LogP) is 3.24. The van der Waals surface area contributed by atoms with Crippen LogP contribution in [0.15, 0.2) is 30.5 Å². The lowest BCUT2D eigenvalue weighted by Gasteiger charge is -2.01. The van der Waals surface area contributed by atoms with Crippen LogP contribution in [0.4, 0.5) is 0 Å². The Bertz CT molecular complexity index is 721. The standard InChI is InChI=1S/C17H16N2O3/c1-3-22-17(20)16-15(13(10-18)11-19-16)9-6-12-4-7-14(21-2)8-5-12/h4-9,11,19H,3H2,1-2H3/b9-6+. The van der Waals surface area contributed by atoms with Gasteiger partial charge in [-0.3, -0.25) is 0 Å². The molecule has 0 unspecified atom stereocenters. The van der Waals surface area contributed by atoms with Crippen LogP contribution in [0.25, 0.3) is 12.2 Å². The zero-order valence-corrected chi connectivity index (χ0v) is 12.4. The first-order valence-corrected chi connectivity index (χ1v) is 6.80. The summed E-state index contributed by atoms with van der Waals surface area (Å²) >= 11 is 0. The number of aromatic amines is 1. The van der Waals surface area contributed by atoms with E-state index in [1.165, 1.54) is 6.20 Å². The predicted molar refractivity (Wildman–Crippen MR) is 83.4 cm³/mol. The second-order valence-electron chi connectivity index (χ2n) is 4.43. The van der Waals surface area contributed by atoms with Gasteiger partial charge in [0.25, 0.3) is 0 Å². The van der Waals surface area contributed by atoms with Crippen LogP contribution in [0, 0.1) is 11.3 Å². The highest BCUT2D eigenvalue weighted by molar-refractivity contribution is 5.94. The van der Waals surface area contributed by atoms with Crippen molar-refractivity contribution in [1.82, 2.24) is 4.98 Å². The van der Waals surface area contributed by atoms with Crippen molar-refractivity contribution in [3.63, 3.8) is 0 Å². The molecule has 0 aliphatic rings. The number of rotatable bonds is 5. The van der Waals surface area contributed by atoms with Crippen molar-refractivity contribution in [3.8, 4) is 11.8 Å². The maximum atomic E-state index is 11.9. The number of nitrogens with one attached hydrogen (secondary N) is 1. The van der Waals surface area contributed by atoms with Crippen LogP contribution in [-0.2, 0) is 4.74 Å². The maximum absolute atomic E-state index is 11.9. The molecular weight excluding hydrogens is 280 g/mol. The molecule has 0 amide bonds. The third-order valence-electron chi connectivity index (χ3n) is 3.08. The number of carbonyl (C=O) groups is 1. The van der Waals surface area contributed by atoms with E-state index in [9.17, 15) is 4.79 Å². The topological polar surface area (TPSA) is 75.1 Å². The SMILES string of the molecule is CCOC(=O)c1[nH]cc(C#N)c1/C=C/c1ccc(OC)cc1. The van der Waals surface area contributed by atoms with Crippen LogP contribution >= 0.6 is 0 Å². The summed E-state index contributed by atoms with van der Waals surface area (Å²) in [6.45, 7) is 2.01. The first kappa shape index (κ1) is 15.4. The molecule has 0 saturated carbocycles. The average molecular weight is 296 g/mol. The number of nitrogens with zero attached hydrogens (tertiary/aromatic N) is 1. The third-order valence-corrected chi connectivity index (χ3v) is 3.08. The molecule has 5 nitrogen and oxygen atoms in total. The van der Waals surface area contributed by atoms with Crippen molar-refractivity contribution in [2.24, 2.45) is 0 Å². The number of hydrogen-bond acceptors (Lipinski definition) is 4. The lowest BCUT2D eigenvalue weighted by atomic mass is 10.1. The van der Waals surface area contributed by atoms with Gasteiger partial charge in [0.15, 0.2) is 0 Å². The van der Waals surface area contributed by atoms with Crippen molar-refractivity contribution in [1.29, 1.82) is 5.26 Å². The number of methoxy groups -OCH3 is 1. The highest BCUT2D eigenvalue weighted by Crippen LogP contribution is 2.19. The van der Waals surface area contributed by atoms with Crippen molar-refractivity contribution < 1.29 is 14.3 Å². The molecule has 22 heavy (non-hydrogen) atoms. The van der Waals surface area contributed by atoms with Crippen LogP contribution in [0.3, 0.4) is 0 Å². The molecule has 2 rings (SSSR count). The molecule has 0 bridgehead atoms. The van der Waals surface area contributed by atoms with Crippen LogP contribution in [-0.4, -0.2) is 24.7 Å². The van der Waals surface area contributed by atoms with Gasteiger partial charge in [-0.2, -0.15) is 5.26 Å². The summed E-state index contributed by atoms with van der Waals surface area (Å²) in [6, 6.07) is 9.51. The fourth-order valence-electron chi connectivity index (χ4n) is 1.97. The van der Waals surface area contributed by atoms with E-state index in [-0.39, 0.29) is 12.3 Å². The Hall–Kier alpha value is -3.00. The fourth-order valence-corrected chi connectivity index (χ4v) is 1.97. The Morgan fingerprint density at radius 2 is 2.05 bits per heavy atom. The number of H-pyrrole nitrogens is 1. The smallest absolute Gasteiger partial charge is 0.355 e. The van der Waals surface area contributed by atoms with E-state index in [1.54, 1.807) is 20.1 Å². The minimum atomic E-state index is -0.474. The van der Waals surface area contributed by atoms with E-state index < -0.39 is 5.97 Å². The Morgan fingerprint density at radius 3 is 2.64 bits per heavy atom. The van der Waals surface area contributed by atoms with Crippen LogP contribution in [0.1, 0.15) is 34.1 Å². The lowest BCUT2D eigenvalue weighted by molar-refractivity contribution is 0.0520. The summed E-state index contributed by atoms with van der Waals surface area (Å²) < 4.78 is 10.1. The van der Waals surface area contributed by atoms with Crippen molar-refractivity contribution in [3.05, 3.63) is 52.8 Å². The van der Waals surface area contributed by atoms with Gasteiger partial charge < -0.3 is 14.5 Å². The number of hydrogen-bond donors (Lipinski definition) is 1. The van der Waals surface area contributed by atoms with E-state index in [0.29, 0.717) is 11.1 Å². The van der Waals surface area contributed by atoms with E-state index >= 15 is 0 Å². The minimum absolute atomic E-state index is 0.279. The normalized spacial score (nSPS) is 10.4. The summed E-state index contributed by atoms with van der Waals surface area (Å²) in [7, 11) is 1.61. The van der Waals surface area contributed by atoms with Gasteiger partial charge in [0, 0.05) is 11.8 Å². The van der Waals surface area contributed by atoms with E-state index in [2.05, 4.69) is 11.1 Å². The van der Waals surface area contributed by atoms with Gasteiger partial charge in [-0.15, -0.1) is 0 Å². The molecule has 5 heteroatoms. The van der Waals surface area contributed by atoms with Crippen LogP contribution < -0.4 is 4.74 Å². The quantitative estimate of drug-likeness (QED) is 0.859. The van der Waals surface area contributed by atoms with E-state index in [1.807, 2.05) is 30.3 Å². The van der Waals surface area contributed by atoms with Gasteiger partial charge in [-0.25, -0.2) is 4.79 Å². The Labute approximate surface area is 128 Å². The summed E-state index contributed by atoms with van der Waals surface area (Å²) in [5.41, 5.74) is 2.13. The Morgan fingerprint density at radius 1 is 1.32 bits per heavy atom. The molecule has 112 valence electrons. The molecule has 2 aromatic rings. The average Bonchev–Trinajstić information content (AvgIpc) is 2.96. The number of benzene rings is 1. The molecular formula is C17H16N2O3. The minimum Gasteiger partial charge on any atom is -0.497 e. The molecule has 0 fully saturated rings. The summed E-state index contributed by atoms with van der Waals surface area (Å²) in [5.74, 6) is 0.294. The van der Waals surface area contributed by atoms with Crippen molar-refractivity contribution in [2.45, 2.75) is 6.92 Å². The second-order valence-corrected chi connectivity index (χ2v) is 4.43. The van der Waals surface area contributed by atoms with Gasteiger partial charge in [-0.1, -0.05) is 24.3 Å². The maximum Gasteiger partial charge on any atom is 0.355 e.